The normalized spacial score (nSPS) is 16.1. The topological polar surface area (TPSA) is 62.4 Å². The lowest BCUT2D eigenvalue weighted by Crippen LogP contribution is -2.40. The van der Waals surface area contributed by atoms with Crippen LogP contribution in [0.15, 0.2) is 18.5 Å². The fraction of sp³-hybridized carbons (Fsp3) is 0.538. The number of nitrogens with one attached hydrogen (secondary N) is 1. The molecule has 0 unspecified atom stereocenters. The van der Waals surface area contributed by atoms with Gasteiger partial charge < -0.3 is 14.6 Å². The first-order valence-electron chi connectivity index (χ1n) is 6.06. The highest BCUT2D eigenvalue weighted by atomic mass is 16.5. The molecule has 5 nitrogen and oxygen atoms in total. The number of carbonyl (C=O) groups excluding carboxylic acids is 2. The zero-order valence-electron chi connectivity index (χ0n) is 10.7. The monoisotopic (exact) mass is 250 g/mol. The molecule has 18 heavy (non-hydrogen) atoms. The fourth-order valence-electron chi connectivity index (χ4n) is 2.10. The molecule has 1 aromatic heterocycles. The van der Waals surface area contributed by atoms with E-state index in [1.165, 1.54) is 7.11 Å². The Morgan fingerprint density at radius 3 is 2.72 bits per heavy atom. The zero-order valence-corrected chi connectivity index (χ0v) is 10.7. The molecule has 1 aliphatic rings. The van der Waals surface area contributed by atoms with E-state index in [9.17, 15) is 9.59 Å². The summed E-state index contributed by atoms with van der Waals surface area (Å²) in [7, 11) is 3.06. The maximum absolute atomic E-state index is 12.2. The van der Waals surface area contributed by atoms with Crippen molar-refractivity contribution in [2.45, 2.75) is 19.3 Å². The summed E-state index contributed by atoms with van der Waals surface area (Å²) in [5.74, 6) is -0.522. The van der Waals surface area contributed by atoms with Crippen molar-refractivity contribution >= 4 is 11.9 Å². The first kappa shape index (κ1) is 12.7. The second kappa shape index (κ2) is 4.84. The second-order valence-electron chi connectivity index (χ2n) is 4.77. The van der Waals surface area contributed by atoms with Crippen LogP contribution in [0.1, 0.15) is 18.4 Å². The number of aromatic nitrogens is 1. The first-order chi connectivity index (χ1) is 8.60. The highest BCUT2D eigenvalue weighted by Crippen LogP contribution is 2.48. The molecule has 1 aromatic rings. The minimum Gasteiger partial charge on any atom is -0.468 e. The van der Waals surface area contributed by atoms with Gasteiger partial charge in [-0.15, -0.1) is 0 Å². The van der Waals surface area contributed by atoms with Gasteiger partial charge in [0, 0.05) is 26.0 Å². The number of rotatable bonds is 5. The molecule has 1 saturated carbocycles. The van der Waals surface area contributed by atoms with Crippen LogP contribution in [0, 0.1) is 5.41 Å². The number of ether oxygens (including phenoxy) is 1. The van der Waals surface area contributed by atoms with Crippen LogP contribution in [-0.4, -0.2) is 42.5 Å². The number of methoxy groups -OCH3 is 1. The Hall–Kier alpha value is -1.78. The van der Waals surface area contributed by atoms with E-state index >= 15 is 0 Å². The number of nitrogens with zero attached hydrogens (tertiary/aromatic N) is 1. The molecule has 0 saturated heterocycles. The number of carbonyl (C=O) groups is 2. The van der Waals surface area contributed by atoms with Gasteiger partial charge in [-0.1, -0.05) is 0 Å². The van der Waals surface area contributed by atoms with Crippen molar-refractivity contribution in [3.63, 3.8) is 0 Å². The van der Waals surface area contributed by atoms with E-state index in [1.807, 2.05) is 18.5 Å². The highest BCUT2D eigenvalue weighted by Gasteiger charge is 2.58. The van der Waals surface area contributed by atoms with E-state index < -0.39 is 11.4 Å². The number of likely N-dealkylation sites (N-methyl/N-ethyl adjacent to an activating group) is 1. The van der Waals surface area contributed by atoms with Gasteiger partial charge in [-0.05, 0) is 30.9 Å². The molecule has 0 aliphatic heterocycles. The number of hydrogen-bond acceptors (Lipinski definition) is 3. The minimum atomic E-state index is -0.887. The van der Waals surface area contributed by atoms with Crippen molar-refractivity contribution in [3.8, 4) is 0 Å². The predicted octanol–water partition coefficient (Wildman–Crippen LogP) is 0.969. The summed E-state index contributed by atoms with van der Waals surface area (Å²) in [6.07, 6.45) is 5.75. The molecule has 1 heterocycles. The SMILES string of the molecule is COC(=O)C1(C(=O)N(C)CCc2cc[nH]c2)CC1. The number of amides is 1. The molecule has 0 aromatic carbocycles. The minimum absolute atomic E-state index is 0.120. The smallest absolute Gasteiger partial charge is 0.321 e. The van der Waals surface area contributed by atoms with Crippen LogP contribution in [-0.2, 0) is 20.7 Å². The standard InChI is InChI=1S/C13H18N2O3/c1-15(8-4-10-3-7-14-9-10)11(16)13(5-6-13)12(17)18-2/h3,7,9,14H,4-6,8H2,1-2H3. The quantitative estimate of drug-likeness (QED) is 0.625. The van der Waals surface area contributed by atoms with E-state index in [0.717, 1.165) is 12.0 Å². The maximum atomic E-state index is 12.2. The lowest BCUT2D eigenvalue weighted by molar-refractivity contribution is -0.155. The molecule has 98 valence electrons. The Morgan fingerprint density at radius 1 is 1.50 bits per heavy atom. The predicted molar refractivity (Wildman–Crippen MR) is 65.8 cm³/mol. The Bertz CT molecular complexity index is 435. The number of esters is 1. The molecule has 0 radical (unpaired) electrons. The molecule has 0 atom stereocenters. The highest BCUT2D eigenvalue weighted by molar-refractivity contribution is 6.05. The van der Waals surface area contributed by atoms with Crippen molar-refractivity contribution in [1.29, 1.82) is 0 Å². The Kier molecular flexibility index (Phi) is 3.41. The van der Waals surface area contributed by atoms with Crippen LogP contribution in [0.3, 0.4) is 0 Å². The molecule has 1 aliphatic carbocycles. The van der Waals surface area contributed by atoms with Gasteiger partial charge in [0.05, 0.1) is 7.11 Å². The summed E-state index contributed by atoms with van der Waals surface area (Å²) in [6, 6.07) is 1.98. The third-order valence-corrected chi connectivity index (χ3v) is 3.48. The largest absolute Gasteiger partial charge is 0.468 e. The Morgan fingerprint density at radius 2 is 2.22 bits per heavy atom. The van der Waals surface area contributed by atoms with Gasteiger partial charge in [-0.2, -0.15) is 0 Å². The van der Waals surface area contributed by atoms with Crippen LogP contribution in [0.4, 0.5) is 0 Å². The first-order valence-corrected chi connectivity index (χ1v) is 6.06. The van der Waals surface area contributed by atoms with Crippen LogP contribution < -0.4 is 0 Å². The van der Waals surface area contributed by atoms with Crippen LogP contribution in [0.5, 0.6) is 0 Å². The molecular formula is C13H18N2O3. The molecule has 0 bridgehead atoms. The Labute approximate surface area is 106 Å². The molecule has 1 amide bonds. The summed E-state index contributed by atoms with van der Waals surface area (Å²) < 4.78 is 4.71. The molecule has 5 heteroatoms. The average Bonchev–Trinajstić information content (AvgIpc) is 3.04. The third kappa shape index (κ3) is 2.25. The number of H-pyrrole nitrogens is 1. The van der Waals surface area contributed by atoms with Crippen molar-refractivity contribution in [2.75, 3.05) is 20.7 Å². The van der Waals surface area contributed by atoms with Gasteiger partial charge in [-0.3, -0.25) is 9.59 Å². The second-order valence-corrected chi connectivity index (χ2v) is 4.77. The number of hydrogen-bond donors (Lipinski definition) is 1. The third-order valence-electron chi connectivity index (χ3n) is 3.48. The van der Waals surface area contributed by atoms with E-state index in [1.54, 1.807) is 11.9 Å². The summed E-state index contributed by atoms with van der Waals surface area (Å²) in [4.78, 5) is 28.4. The van der Waals surface area contributed by atoms with Crippen molar-refractivity contribution in [1.82, 2.24) is 9.88 Å². The summed E-state index contributed by atoms with van der Waals surface area (Å²) in [5, 5.41) is 0. The summed E-state index contributed by atoms with van der Waals surface area (Å²) in [6.45, 7) is 0.607. The summed E-state index contributed by atoms with van der Waals surface area (Å²) >= 11 is 0. The molecule has 2 rings (SSSR count). The summed E-state index contributed by atoms with van der Waals surface area (Å²) in [5.41, 5.74) is 0.263. The van der Waals surface area contributed by atoms with Gasteiger partial charge in [0.1, 0.15) is 5.41 Å². The van der Waals surface area contributed by atoms with Crippen molar-refractivity contribution in [3.05, 3.63) is 24.0 Å². The van der Waals surface area contributed by atoms with Crippen LogP contribution in [0.25, 0.3) is 0 Å². The Balaban J connectivity index is 1.91. The zero-order chi connectivity index (χ0) is 13.2. The van der Waals surface area contributed by atoms with E-state index in [4.69, 9.17) is 4.74 Å². The lowest BCUT2D eigenvalue weighted by atomic mass is 10.1. The molecule has 1 N–H and O–H groups in total. The van der Waals surface area contributed by atoms with Crippen LogP contribution >= 0.6 is 0 Å². The van der Waals surface area contributed by atoms with E-state index in [-0.39, 0.29) is 5.91 Å². The van der Waals surface area contributed by atoms with E-state index in [2.05, 4.69) is 4.98 Å². The molecular weight excluding hydrogens is 232 g/mol. The number of aromatic amines is 1. The van der Waals surface area contributed by atoms with Crippen molar-refractivity contribution < 1.29 is 14.3 Å². The lowest BCUT2D eigenvalue weighted by Gasteiger charge is -2.21. The fourth-order valence-corrected chi connectivity index (χ4v) is 2.10. The van der Waals surface area contributed by atoms with E-state index in [0.29, 0.717) is 19.4 Å². The molecule has 0 spiro atoms. The van der Waals surface area contributed by atoms with Gasteiger partial charge in [0.2, 0.25) is 5.91 Å². The van der Waals surface area contributed by atoms with Gasteiger partial charge in [0.15, 0.2) is 0 Å². The van der Waals surface area contributed by atoms with Gasteiger partial charge in [-0.25, -0.2) is 0 Å². The van der Waals surface area contributed by atoms with Crippen LogP contribution in [0.2, 0.25) is 0 Å². The van der Waals surface area contributed by atoms with Crippen molar-refractivity contribution in [2.24, 2.45) is 5.41 Å². The van der Waals surface area contributed by atoms with Gasteiger partial charge in [0.25, 0.3) is 0 Å². The maximum Gasteiger partial charge on any atom is 0.321 e. The average molecular weight is 250 g/mol. The molecule has 1 fully saturated rings. The van der Waals surface area contributed by atoms with Gasteiger partial charge >= 0.3 is 5.97 Å².